The average molecular weight is 391 g/mol. The highest BCUT2D eigenvalue weighted by Crippen LogP contribution is 2.35. The molecule has 0 saturated carbocycles. The van der Waals surface area contributed by atoms with Gasteiger partial charge in [-0.3, -0.25) is 9.59 Å². The molecule has 27 heavy (non-hydrogen) atoms. The van der Waals surface area contributed by atoms with Crippen molar-refractivity contribution in [3.63, 3.8) is 0 Å². The van der Waals surface area contributed by atoms with Gasteiger partial charge < -0.3 is 24.4 Å². The Morgan fingerprint density at radius 1 is 1.15 bits per heavy atom. The molecule has 0 unspecified atom stereocenters. The molecule has 2 aromatic carbocycles. The van der Waals surface area contributed by atoms with Crippen LogP contribution in [-0.2, 0) is 9.59 Å². The Kier molecular flexibility index (Phi) is 6.03. The smallest absolute Gasteiger partial charge is 0.258 e. The second-order valence-corrected chi connectivity index (χ2v) is 6.24. The largest absolute Gasteiger partial charge is 0.484 e. The molecule has 1 N–H and O–H groups in total. The van der Waals surface area contributed by atoms with E-state index in [1.54, 1.807) is 47.4 Å². The van der Waals surface area contributed by atoms with Gasteiger partial charge in [0.05, 0.1) is 0 Å². The number of carbonyl (C=O) groups is 2. The van der Waals surface area contributed by atoms with Crippen LogP contribution in [0.4, 0.5) is 5.69 Å². The number of amides is 2. The molecule has 8 heteroatoms. The van der Waals surface area contributed by atoms with E-state index in [9.17, 15) is 9.59 Å². The van der Waals surface area contributed by atoms with Crippen LogP contribution in [0.5, 0.6) is 17.2 Å². The van der Waals surface area contributed by atoms with E-state index in [2.05, 4.69) is 5.32 Å². The Morgan fingerprint density at radius 2 is 1.89 bits per heavy atom. The predicted octanol–water partition coefficient (Wildman–Crippen LogP) is 2.62. The third-order valence-electron chi connectivity index (χ3n) is 3.89. The number of hydrogen-bond acceptors (Lipinski definition) is 5. The summed E-state index contributed by atoms with van der Waals surface area (Å²) < 4.78 is 16.0. The van der Waals surface area contributed by atoms with Gasteiger partial charge in [0.15, 0.2) is 18.1 Å². The van der Waals surface area contributed by atoms with Crippen LogP contribution in [0.3, 0.4) is 0 Å². The summed E-state index contributed by atoms with van der Waals surface area (Å²) in [6.45, 7) is 2.13. The van der Waals surface area contributed by atoms with Crippen LogP contribution in [-0.4, -0.2) is 38.3 Å². The molecular weight excluding hydrogens is 372 g/mol. The van der Waals surface area contributed by atoms with Crippen molar-refractivity contribution in [2.45, 2.75) is 6.92 Å². The number of nitrogens with zero attached hydrogens (tertiary/aromatic N) is 1. The number of rotatable bonds is 7. The number of anilines is 1. The van der Waals surface area contributed by atoms with Crippen LogP contribution in [0.2, 0.25) is 5.02 Å². The van der Waals surface area contributed by atoms with E-state index < -0.39 is 0 Å². The fourth-order valence-electron chi connectivity index (χ4n) is 2.56. The lowest BCUT2D eigenvalue weighted by atomic mass is 10.2. The topological polar surface area (TPSA) is 77.1 Å². The molecule has 2 aromatic rings. The third kappa shape index (κ3) is 5.04. The molecule has 0 atom stereocenters. The fourth-order valence-corrected chi connectivity index (χ4v) is 2.69. The van der Waals surface area contributed by atoms with Gasteiger partial charge in [-0.05, 0) is 36.4 Å². The Morgan fingerprint density at radius 3 is 2.63 bits per heavy atom. The molecule has 1 aliphatic heterocycles. The van der Waals surface area contributed by atoms with Crippen LogP contribution < -0.4 is 24.4 Å². The fraction of sp³-hybridized carbons (Fsp3) is 0.263. The molecule has 0 bridgehead atoms. The first kappa shape index (κ1) is 18.8. The zero-order valence-electron chi connectivity index (χ0n) is 14.7. The van der Waals surface area contributed by atoms with Crippen molar-refractivity contribution < 1.29 is 23.8 Å². The van der Waals surface area contributed by atoms with Crippen molar-refractivity contribution in [3.8, 4) is 17.2 Å². The first-order chi connectivity index (χ1) is 13.0. The molecule has 142 valence electrons. The van der Waals surface area contributed by atoms with Crippen molar-refractivity contribution in [3.05, 3.63) is 47.5 Å². The van der Waals surface area contributed by atoms with Gasteiger partial charge in [0.2, 0.25) is 12.7 Å². The van der Waals surface area contributed by atoms with E-state index in [1.165, 1.54) is 6.92 Å². The second-order valence-electron chi connectivity index (χ2n) is 5.80. The molecule has 0 fully saturated rings. The quantitative estimate of drug-likeness (QED) is 0.786. The maximum absolute atomic E-state index is 12.0. The molecule has 0 aromatic heterocycles. The first-order valence-electron chi connectivity index (χ1n) is 8.36. The van der Waals surface area contributed by atoms with Crippen molar-refractivity contribution in [2.24, 2.45) is 0 Å². The van der Waals surface area contributed by atoms with Gasteiger partial charge >= 0.3 is 0 Å². The number of ether oxygens (including phenoxy) is 3. The van der Waals surface area contributed by atoms with Crippen LogP contribution in [0.15, 0.2) is 42.5 Å². The Labute approximate surface area is 161 Å². The molecule has 0 saturated heterocycles. The summed E-state index contributed by atoms with van der Waals surface area (Å²) in [7, 11) is 0. The summed E-state index contributed by atoms with van der Waals surface area (Å²) in [5.74, 6) is 1.38. The van der Waals surface area contributed by atoms with Crippen molar-refractivity contribution >= 4 is 29.1 Å². The number of nitrogens with one attached hydrogen (secondary N) is 1. The summed E-state index contributed by atoms with van der Waals surface area (Å²) in [5, 5.41) is 3.33. The van der Waals surface area contributed by atoms with Gasteiger partial charge in [0.25, 0.3) is 5.91 Å². The molecule has 0 spiro atoms. The normalized spacial score (nSPS) is 11.8. The van der Waals surface area contributed by atoms with E-state index in [0.29, 0.717) is 34.5 Å². The highest BCUT2D eigenvalue weighted by atomic mass is 35.5. The zero-order valence-corrected chi connectivity index (χ0v) is 15.5. The third-order valence-corrected chi connectivity index (χ3v) is 4.14. The van der Waals surface area contributed by atoms with Crippen LogP contribution in [0, 0.1) is 0 Å². The van der Waals surface area contributed by atoms with E-state index in [4.69, 9.17) is 25.8 Å². The summed E-state index contributed by atoms with van der Waals surface area (Å²) in [6.07, 6.45) is 0. The van der Waals surface area contributed by atoms with Gasteiger partial charge in [0, 0.05) is 36.8 Å². The molecule has 3 rings (SSSR count). The summed E-state index contributed by atoms with van der Waals surface area (Å²) in [6, 6.07) is 12.0. The highest BCUT2D eigenvalue weighted by molar-refractivity contribution is 6.30. The van der Waals surface area contributed by atoms with Crippen molar-refractivity contribution in [1.82, 2.24) is 5.32 Å². The Bertz CT molecular complexity index is 825. The highest BCUT2D eigenvalue weighted by Gasteiger charge is 2.18. The van der Waals surface area contributed by atoms with Crippen LogP contribution >= 0.6 is 11.6 Å². The lowest BCUT2D eigenvalue weighted by molar-refractivity contribution is -0.123. The number of benzene rings is 2. The molecule has 7 nitrogen and oxygen atoms in total. The van der Waals surface area contributed by atoms with Gasteiger partial charge in [-0.2, -0.15) is 0 Å². The minimum atomic E-state index is -0.279. The first-order valence-corrected chi connectivity index (χ1v) is 8.73. The van der Waals surface area contributed by atoms with Crippen LogP contribution in [0.25, 0.3) is 0 Å². The molecule has 0 aliphatic carbocycles. The standard InChI is InChI=1S/C19H19ClN2O5/c1-13(23)22(15-4-7-17-18(10-15)27-12-26-17)9-8-21-19(24)11-25-16-5-2-14(20)3-6-16/h2-7,10H,8-9,11-12H2,1H3,(H,21,24). The van der Waals surface area contributed by atoms with E-state index >= 15 is 0 Å². The summed E-state index contributed by atoms with van der Waals surface area (Å²) in [4.78, 5) is 25.4. The van der Waals surface area contributed by atoms with Crippen molar-refractivity contribution in [1.29, 1.82) is 0 Å². The lowest BCUT2D eigenvalue weighted by Crippen LogP contribution is -2.39. The van der Waals surface area contributed by atoms with Crippen molar-refractivity contribution in [2.75, 3.05) is 31.4 Å². The summed E-state index contributed by atoms with van der Waals surface area (Å²) in [5.41, 5.74) is 0.679. The SMILES string of the molecule is CC(=O)N(CCNC(=O)COc1ccc(Cl)cc1)c1ccc2c(c1)OCO2. The number of carbonyl (C=O) groups excluding carboxylic acids is 2. The van der Waals surface area contributed by atoms with Gasteiger partial charge in [0.1, 0.15) is 5.75 Å². The zero-order chi connectivity index (χ0) is 19.2. The maximum Gasteiger partial charge on any atom is 0.258 e. The Hall–Kier alpha value is -2.93. The Balaban J connectivity index is 1.49. The minimum Gasteiger partial charge on any atom is -0.484 e. The second kappa shape index (κ2) is 8.64. The van der Waals surface area contributed by atoms with E-state index in [1.807, 2.05) is 0 Å². The van der Waals surface area contributed by atoms with E-state index in [0.717, 1.165) is 0 Å². The van der Waals surface area contributed by atoms with Crippen LogP contribution in [0.1, 0.15) is 6.92 Å². The molecule has 1 heterocycles. The molecule has 0 radical (unpaired) electrons. The molecular formula is C19H19ClN2O5. The number of hydrogen-bond donors (Lipinski definition) is 1. The average Bonchev–Trinajstić information content (AvgIpc) is 3.12. The number of halogens is 1. The molecule has 1 aliphatic rings. The lowest BCUT2D eigenvalue weighted by Gasteiger charge is -2.21. The predicted molar refractivity (Wildman–Crippen MR) is 101 cm³/mol. The van der Waals surface area contributed by atoms with Gasteiger partial charge in [-0.25, -0.2) is 0 Å². The number of fused-ring (bicyclic) bond motifs is 1. The van der Waals surface area contributed by atoms with Gasteiger partial charge in [-0.1, -0.05) is 11.6 Å². The maximum atomic E-state index is 12.0. The molecule has 2 amide bonds. The van der Waals surface area contributed by atoms with E-state index in [-0.39, 0.29) is 31.8 Å². The monoisotopic (exact) mass is 390 g/mol. The minimum absolute atomic E-state index is 0.119. The summed E-state index contributed by atoms with van der Waals surface area (Å²) >= 11 is 5.80. The van der Waals surface area contributed by atoms with Gasteiger partial charge in [-0.15, -0.1) is 0 Å².